The topological polar surface area (TPSA) is 52.6 Å². The van der Waals surface area contributed by atoms with E-state index in [4.69, 9.17) is 5.11 Å². The van der Waals surface area contributed by atoms with E-state index in [2.05, 4.69) is 10.2 Å². The van der Waals surface area contributed by atoms with E-state index in [1.807, 2.05) is 0 Å². The zero-order chi connectivity index (χ0) is 13.8. The van der Waals surface area contributed by atoms with Crippen molar-refractivity contribution in [3.05, 3.63) is 34.9 Å². The first-order chi connectivity index (χ1) is 9.08. The number of rotatable bonds is 4. The summed E-state index contributed by atoms with van der Waals surface area (Å²) < 4.78 is 27.0. The second-order valence-corrected chi connectivity index (χ2v) is 4.58. The van der Waals surface area contributed by atoms with Crippen molar-refractivity contribution in [2.24, 2.45) is 0 Å². The molecule has 1 heterocycles. The molecule has 104 valence electrons. The zero-order valence-corrected chi connectivity index (χ0v) is 10.5. The zero-order valence-electron chi connectivity index (χ0n) is 10.5. The molecular formula is C13H16F2N2O2. The van der Waals surface area contributed by atoms with Crippen LogP contribution in [0.25, 0.3) is 0 Å². The van der Waals surface area contributed by atoms with Crippen LogP contribution >= 0.6 is 0 Å². The first kappa shape index (κ1) is 13.9. The third kappa shape index (κ3) is 3.48. The normalized spacial score (nSPS) is 16.5. The lowest BCUT2D eigenvalue weighted by atomic mass is 10.1. The molecular weight excluding hydrogens is 254 g/mol. The summed E-state index contributed by atoms with van der Waals surface area (Å²) in [5.41, 5.74) is -0.399. The maximum Gasteiger partial charge on any atom is 0.341 e. The minimum absolute atomic E-state index is 0.485. The Kier molecular flexibility index (Phi) is 4.44. The van der Waals surface area contributed by atoms with Crippen LogP contribution in [0.3, 0.4) is 0 Å². The molecule has 6 heteroatoms. The third-order valence-corrected chi connectivity index (χ3v) is 3.24. The molecule has 2 rings (SSSR count). The van der Waals surface area contributed by atoms with Gasteiger partial charge in [0.05, 0.1) is 0 Å². The SMILES string of the molecule is O=C(O)c1c(F)cc(CCN2CCNCC2)cc1F. The molecule has 0 amide bonds. The van der Waals surface area contributed by atoms with Gasteiger partial charge in [0.25, 0.3) is 0 Å². The van der Waals surface area contributed by atoms with Gasteiger partial charge >= 0.3 is 5.97 Å². The van der Waals surface area contributed by atoms with Crippen LogP contribution in [-0.2, 0) is 6.42 Å². The van der Waals surface area contributed by atoms with E-state index in [0.29, 0.717) is 18.5 Å². The van der Waals surface area contributed by atoms with Crippen LogP contribution in [0.4, 0.5) is 8.78 Å². The van der Waals surface area contributed by atoms with Gasteiger partial charge in [-0.15, -0.1) is 0 Å². The molecule has 1 aromatic rings. The number of nitrogens with zero attached hydrogens (tertiary/aromatic N) is 1. The molecule has 1 aromatic carbocycles. The standard InChI is InChI=1S/C13H16F2N2O2/c14-10-7-9(8-11(15)12(10)13(18)19)1-4-17-5-2-16-3-6-17/h7-8,16H,1-6H2,(H,18,19). The van der Waals surface area contributed by atoms with E-state index in [9.17, 15) is 13.6 Å². The van der Waals surface area contributed by atoms with Crippen molar-refractivity contribution in [1.82, 2.24) is 10.2 Å². The van der Waals surface area contributed by atoms with Crippen LogP contribution in [0.2, 0.25) is 0 Å². The summed E-state index contributed by atoms with van der Waals surface area (Å²) in [6.07, 6.45) is 0.508. The van der Waals surface area contributed by atoms with Crippen molar-refractivity contribution in [2.45, 2.75) is 6.42 Å². The highest BCUT2D eigenvalue weighted by molar-refractivity contribution is 5.88. The predicted molar refractivity (Wildman–Crippen MR) is 66.3 cm³/mol. The van der Waals surface area contributed by atoms with Gasteiger partial charge in [-0.25, -0.2) is 13.6 Å². The maximum absolute atomic E-state index is 13.5. The van der Waals surface area contributed by atoms with Crippen LogP contribution in [-0.4, -0.2) is 48.7 Å². The average molecular weight is 270 g/mol. The molecule has 0 bridgehead atoms. The van der Waals surface area contributed by atoms with Gasteiger partial charge in [0.15, 0.2) is 0 Å². The van der Waals surface area contributed by atoms with E-state index in [1.54, 1.807) is 0 Å². The quantitative estimate of drug-likeness (QED) is 0.860. The number of carbonyl (C=O) groups is 1. The molecule has 1 aliphatic rings. The summed E-state index contributed by atoms with van der Waals surface area (Å²) in [5.74, 6) is -3.60. The molecule has 19 heavy (non-hydrogen) atoms. The van der Waals surface area contributed by atoms with E-state index >= 15 is 0 Å². The highest BCUT2D eigenvalue weighted by Crippen LogP contribution is 2.16. The van der Waals surface area contributed by atoms with Crippen molar-refractivity contribution in [3.8, 4) is 0 Å². The van der Waals surface area contributed by atoms with E-state index in [-0.39, 0.29) is 0 Å². The minimum atomic E-state index is -1.58. The van der Waals surface area contributed by atoms with Crippen LogP contribution in [0.15, 0.2) is 12.1 Å². The van der Waals surface area contributed by atoms with Gasteiger partial charge in [0, 0.05) is 32.7 Å². The van der Waals surface area contributed by atoms with Crippen LogP contribution in [0.1, 0.15) is 15.9 Å². The summed E-state index contributed by atoms with van der Waals surface area (Å²) in [6.45, 7) is 4.38. The second kappa shape index (κ2) is 6.08. The molecule has 0 atom stereocenters. The molecule has 0 radical (unpaired) electrons. The highest BCUT2D eigenvalue weighted by Gasteiger charge is 2.18. The smallest absolute Gasteiger partial charge is 0.341 e. The van der Waals surface area contributed by atoms with Crippen molar-refractivity contribution in [1.29, 1.82) is 0 Å². The lowest BCUT2D eigenvalue weighted by Gasteiger charge is -2.27. The number of piperazine rings is 1. The Morgan fingerprint density at radius 2 is 1.84 bits per heavy atom. The van der Waals surface area contributed by atoms with Crippen molar-refractivity contribution < 1.29 is 18.7 Å². The molecule has 0 spiro atoms. The fourth-order valence-electron chi connectivity index (χ4n) is 2.20. The van der Waals surface area contributed by atoms with Crippen molar-refractivity contribution in [3.63, 3.8) is 0 Å². The Morgan fingerprint density at radius 1 is 1.26 bits per heavy atom. The van der Waals surface area contributed by atoms with E-state index in [0.717, 1.165) is 38.3 Å². The van der Waals surface area contributed by atoms with Crippen LogP contribution < -0.4 is 5.32 Å². The fraction of sp³-hybridized carbons (Fsp3) is 0.462. The minimum Gasteiger partial charge on any atom is -0.477 e. The molecule has 1 aliphatic heterocycles. The van der Waals surface area contributed by atoms with Gasteiger partial charge in [-0.3, -0.25) is 0 Å². The Labute approximate surface area is 110 Å². The largest absolute Gasteiger partial charge is 0.477 e. The first-order valence-corrected chi connectivity index (χ1v) is 6.22. The summed E-state index contributed by atoms with van der Waals surface area (Å²) >= 11 is 0. The lowest BCUT2D eigenvalue weighted by Crippen LogP contribution is -2.44. The molecule has 0 saturated carbocycles. The molecule has 0 aliphatic carbocycles. The Balaban J connectivity index is 2.03. The molecule has 1 fully saturated rings. The molecule has 2 N–H and O–H groups in total. The van der Waals surface area contributed by atoms with E-state index in [1.165, 1.54) is 0 Å². The number of carboxylic acid groups (broad SMARTS) is 1. The Morgan fingerprint density at radius 3 is 2.37 bits per heavy atom. The molecule has 0 unspecified atom stereocenters. The molecule has 0 aromatic heterocycles. The number of nitrogens with one attached hydrogen (secondary N) is 1. The summed E-state index contributed by atoms with van der Waals surface area (Å²) in [4.78, 5) is 12.9. The first-order valence-electron chi connectivity index (χ1n) is 6.22. The molecule has 4 nitrogen and oxygen atoms in total. The molecule has 1 saturated heterocycles. The number of hydrogen-bond acceptors (Lipinski definition) is 3. The summed E-state index contributed by atoms with van der Waals surface area (Å²) in [6, 6.07) is 2.21. The van der Waals surface area contributed by atoms with Gasteiger partial charge in [-0.2, -0.15) is 0 Å². The van der Waals surface area contributed by atoms with Gasteiger partial charge in [0.2, 0.25) is 0 Å². The van der Waals surface area contributed by atoms with Crippen molar-refractivity contribution >= 4 is 5.97 Å². The van der Waals surface area contributed by atoms with Gasteiger partial charge in [0.1, 0.15) is 17.2 Å². The summed E-state index contributed by atoms with van der Waals surface area (Å²) in [7, 11) is 0. The number of aromatic carboxylic acids is 1. The summed E-state index contributed by atoms with van der Waals surface area (Å²) in [5, 5.41) is 11.9. The van der Waals surface area contributed by atoms with E-state index < -0.39 is 23.2 Å². The van der Waals surface area contributed by atoms with Gasteiger partial charge in [-0.1, -0.05) is 0 Å². The maximum atomic E-state index is 13.5. The highest BCUT2D eigenvalue weighted by atomic mass is 19.1. The average Bonchev–Trinajstić information content (AvgIpc) is 2.36. The fourth-order valence-corrected chi connectivity index (χ4v) is 2.20. The number of hydrogen-bond donors (Lipinski definition) is 2. The number of carboxylic acids is 1. The van der Waals surface area contributed by atoms with Crippen LogP contribution in [0.5, 0.6) is 0 Å². The monoisotopic (exact) mass is 270 g/mol. The van der Waals surface area contributed by atoms with Crippen LogP contribution in [0, 0.1) is 11.6 Å². The lowest BCUT2D eigenvalue weighted by molar-refractivity contribution is 0.0686. The van der Waals surface area contributed by atoms with Gasteiger partial charge in [-0.05, 0) is 24.1 Å². The number of halogens is 2. The van der Waals surface area contributed by atoms with Gasteiger partial charge < -0.3 is 15.3 Å². The Hall–Kier alpha value is -1.53. The third-order valence-electron chi connectivity index (χ3n) is 3.24. The number of benzene rings is 1. The Bertz CT molecular complexity index is 451. The van der Waals surface area contributed by atoms with Crippen molar-refractivity contribution in [2.75, 3.05) is 32.7 Å². The predicted octanol–water partition coefficient (Wildman–Crippen LogP) is 1.11. The second-order valence-electron chi connectivity index (χ2n) is 4.58.